The first-order valence-electron chi connectivity index (χ1n) is 7.38. The molecule has 0 unspecified atom stereocenters. The topological polar surface area (TPSA) is 33.2 Å². The maximum absolute atomic E-state index is 12.0. The largest absolute Gasteiger partial charge is 0.337 e. The van der Waals surface area contributed by atoms with Crippen LogP contribution in [0.4, 0.5) is 0 Å². The van der Waals surface area contributed by atoms with Gasteiger partial charge in [-0.25, -0.2) is 0 Å². The van der Waals surface area contributed by atoms with E-state index in [1.807, 2.05) is 44.3 Å². The van der Waals surface area contributed by atoms with E-state index in [-0.39, 0.29) is 5.91 Å². The number of rotatable bonds is 1. The molecule has 0 aliphatic carbocycles. The minimum absolute atomic E-state index is 0.108. The highest BCUT2D eigenvalue weighted by atomic mass is 16.2. The Morgan fingerprint density at radius 1 is 1.05 bits per heavy atom. The molecule has 1 aromatic heterocycles. The van der Waals surface area contributed by atoms with Crippen molar-refractivity contribution in [1.82, 2.24) is 9.88 Å². The molecule has 0 saturated heterocycles. The third-order valence-electron chi connectivity index (χ3n) is 4.27. The standard InChI is InChI=1S/C19H16N2O/c1-12-6-8-17-15(4-3-5-18(17)20-12)13-7-9-16-14(10-13)11-21(2)19(16)22/h3-10H,11H2,1-2H3. The summed E-state index contributed by atoms with van der Waals surface area (Å²) in [5.74, 6) is 0.108. The number of pyridine rings is 1. The van der Waals surface area contributed by atoms with Crippen LogP contribution in [0.3, 0.4) is 0 Å². The number of nitrogens with zero attached hydrogens (tertiary/aromatic N) is 2. The number of carbonyl (C=O) groups is 1. The van der Waals surface area contributed by atoms with Crippen molar-refractivity contribution in [2.24, 2.45) is 0 Å². The third-order valence-corrected chi connectivity index (χ3v) is 4.27. The van der Waals surface area contributed by atoms with E-state index < -0.39 is 0 Å². The Morgan fingerprint density at radius 3 is 2.77 bits per heavy atom. The van der Waals surface area contributed by atoms with E-state index in [0.717, 1.165) is 38.9 Å². The molecule has 0 radical (unpaired) electrons. The van der Waals surface area contributed by atoms with E-state index in [0.29, 0.717) is 6.54 Å². The Kier molecular flexibility index (Phi) is 2.76. The Morgan fingerprint density at radius 2 is 1.91 bits per heavy atom. The van der Waals surface area contributed by atoms with Crippen molar-refractivity contribution in [3.8, 4) is 11.1 Å². The summed E-state index contributed by atoms with van der Waals surface area (Å²) >= 11 is 0. The normalized spacial score (nSPS) is 13.7. The zero-order valence-electron chi connectivity index (χ0n) is 12.6. The van der Waals surface area contributed by atoms with Gasteiger partial charge in [0.15, 0.2) is 0 Å². The maximum Gasteiger partial charge on any atom is 0.254 e. The summed E-state index contributed by atoms with van der Waals surface area (Å²) in [5.41, 5.74) is 6.24. The number of hydrogen-bond donors (Lipinski definition) is 0. The number of benzene rings is 2. The molecular weight excluding hydrogens is 272 g/mol. The number of amides is 1. The van der Waals surface area contributed by atoms with Gasteiger partial charge in [0.25, 0.3) is 5.91 Å². The van der Waals surface area contributed by atoms with Crippen LogP contribution in [0.2, 0.25) is 0 Å². The summed E-state index contributed by atoms with van der Waals surface area (Å²) in [6.45, 7) is 2.69. The van der Waals surface area contributed by atoms with Gasteiger partial charge in [-0.15, -0.1) is 0 Å². The average molecular weight is 288 g/mol. The lowest BCUT2D eigenvalue weighted by Gasteiger charge is -2.08. The Labute approximate surface area is 129 Å². The zero-order valence-corrected chi connectivity index (χ0v) is 12.6. The molecule has 4 rings (SSSR count). The summed E-state index contributed by atoms with van der Waals surface area (Å²) in [6.07, 6.45) is 0. The van der Waals surface area contributed by atoms with Crippen molar-refractivity contribution in [2.45, 2.75) is 13.5 Å². The summed E-state index contributed by atoms with van der Waals surface area (Å²) in [7, 11) is 1.84. The van der Waals surface area contributed by atoms with Crippen LogP contribution >= 0.6 is 0 Å². The minimum atomic E-state index is 0.108. The van der Waals surface area contributed by atoms with Crippen molar-refractivity contribution in [3.63, 3.8) is 0 Å². The van der Waals surface area contributed by atoms with Crippen LogP contribution in [0.5, 0.6) is 0 Å². The lowest BCUT2D eigenvalue weighted by atomic mass is 9.97. The van der Waals surface area contributed by atoms with Gasteiger partial charge < -0.3 is 4.90 Å². The van der Waals surface area contributed by atoms with E-state index in [4.69, 9.17) is 0 Å². The van der Waals surface area contributed by atoms with Gasteiger partial charge in [-0.05, 0) is 47.9 Å². The minimum Gasteiger partial charge on any atom is -0.337 e. The first-order valence-corrected chi connectivity index (χ1v) is 7.38. The first-order chi connectivity index (χ1) is 10.6. The molecule has 3 heteroatoms. The van der Waals surface area contributed by atoms with Gasteiger partial charge >= 0.3 is 0 Å². The second-order valence-electron chi connectivity index (χ2n) is 5.86. The number of aryl methyl sites for hydroxylation is 1. The van der Waals surface area contributed by atoms with Crippen LogP contribution in [-0.4, -0.2) is 22.8 Å². The summed E-state index contributed by atoms with van der Waals surface area (Å²) < 4.78 is 0. The lowest BCUT2D eigenvalue weighted by molar-refractivity contribution is 0.0816. The van der Waals surface area contributed by atoms with Crippen LogP contribution in [0.25, 0.3) is 22.0 Å². The highest BCUT2D eigenvalue weighted by molar-refractivity contribution is 6.00. The third kappa shape index (κ3) is 1.90. The first kappa shape index (κ1) is 13.0. The number of aromatic nitrogens is 1. The SMILES string of the molecule is Cc1ccc2c(-c3ccc4c(c3)CN(C)C4=O)cccc2n1. The fraction of sp³-hybridized carbons (Fsp3) is 0.158. The predicted molar refractivity (Wildman–Crippen MR) is 87.7 cm³/mol. The summed E-state index contributed by atoms with van der Waals surface area (Å²) in [6, 6.07) is 16.5. The van der Waals surface area contributed by atoms with Gasteiger partial charge in [0.2, 0.25) is 0 Å². The van der Waals surface area contributed by atoms with E-state index in [1.165, 1.54) is 0 Å². The van der Waals surface area contributed by atoms with Crippen LogP contribution in [0.15, 0.2) is 48.5 Å². The van der Waals surface area contributed by atoms with Gasteiger partial charge in [-0.1, -0.05) is 24.3 Å². The Balaban J connectivity index is 1.90. The van der Waals surface area contributed by atoms with E-state index in [9.17, 15) is 4.79 Å². The van der Waals surface area contributed by atoms with Gasteiger partial charge in [0, 0.05) is 30.2 Å². The highest BCUT2D eigenvalue weighted by Gasteiger charge is 2.24. The quantitative estimate of drug-likeness (QED) is 0.682. The van der Waals surface area contributed by atoms with Gasteiger partial charge in [-0.3, -0.25) is 9.78 Å². The van der Waals surface area contributed by atoms with Gasteiger partial charge in [-0.2, -0.15) is 0 Å². The molecule has 3 aromatic rings. The molecule has 2 aromatic carbocycles. The molecule has 22 heavy (non-hydrogen) atoms. The fourth-order valence-corrected chi connectivity index (χ4v) is 3.14. The van der Waals surface area contributed by atoms with Crippen molar-refractivity contribution in [1.29, 1.82) is 0 Å². The smallest absolute Gasteiger partial charge is 0.254 e. The second-order valence-corrected chi connectivity index (χ2v) is 5.86. The zero-order chi connectivity index (χ0) is 15.3. The summed E-state index contributed by atoms with van der Waals surface area (Å²) in [4.78, 5) is 18.4. The van der Waals surface area contributed by atoms with Crippen LogP contribution in [0, 0.1) is 6.92 Å². The van der Waals surface area contributed by atoms with Gasteiger partial charge in [0.1, 0.15) is 0 Å². The lowest BCUT2D eigenvalue weighted by Crippen LogP contribution is -2.17. The van der Waals surface area contributed by atoms with Crippen molar-refractivity contribution >= 4 is 16.8 Å². The molecule has 0 bridgehead atoms. The average Bonchev–Trinajstić information content (AvgIpc) is 2.80. The molecule has 0 saturated carbocycles. The monoisotopic (exact) mass is 288 g/mol. The molecular formula is C19H16N2O. The van der Waals surface area contributed by atoms with Crippen LogP contribution in [0.1, 0.15) is 21.6 Å². The molecule has 1 amide bonds. The van der Waals surface area contributed by atoms with Crippen molar-refractivity contribution in [2.75, 3.05) is 7.05 Å². The fourth-order valence-electron chi connectivity index (χ4n) is 3.14. The van der Waals surface area contributed by atoms with E-state index in [2.05, 4.69) is 23.2 Å². The van der Waals surface area contributed by atoms with Crippen LogP contribution in [-0.2, 0) is 6.54 Å². The van der Waals surface area contributed by atoms with Crippen LogP contribution < -0.4 is 0 Å². The number of fused-ring (bicyclic) bond motifs is 2. The van der Waals surface area contributed by atoms with Crippen molar-refractivity contribution < 1.29 is 4.79 Å². The Hall–Kier alpha value is -2.68. The number of carbonyl (C=O) groups excluding carboxylic acids is 1. The molecule has 2 heterocycles. The highest BCUT2D eigenvalue weighted by Crippen LogP contribution is 2.31. The molecule has 1 aliphatic rings. The molecule has 1 aliphatic heterocycles. The molecule has 3 nitrogen and oxygen atoms in total. The van der Waals surface area contributed by atoms with E-state index >= 15 is 0 Å². The number of hydrogen-bond acceptors (Lipinski definition) is 2. The predicted octanol–water partition coefficient (Wildman–Crippen LogP) is 3.80. The second kappa shape index (κ2) is 4.67. The molecule has 108 valence electrons. The van der Waals surface area contributed by atoms with E-state index in [1.54, 1.807) is 4.90 Å². The molecule has 0 fully saturated rings. The maximum atomic E-state index is 12.0. The van der Waals surface area contributed by atoms with Crippen molar-refractivity contribution in [3.05, 3.63) is 65.4 Å². The Bertz CT molecular complexity index is 914. The molecule has 0 atom stereocenters. The summed E-state index contributed by atoms with van der Waals surface area (Å²) in [5, 5.41) is 1.14. The molecule has 0 spiro atoms. The molecule has 0 N–H and O–H groups in total. The van der Waals surface area contributed by atoms with Gasteiger partial charge in [0.05, 0.1) is 5.52 Å².